The first-order chi connectivity index (χ1) is 11.5. The van der Waals surface area contributed by atoms with Gasteiger partial charge in [0.15, 0.2) is 0 Å². The monoisotopic (exact) mass is 341 g/mol. The zero-order chi connectivity index (χ0) is 18.2. The molecule has 24 heavy (non-hydrogen) atoms. The lowest BCUT2D eigenvalue weighted by molar-refractivity contribution is -0.138. The molecule has 4 heteroatoms. The molecule has 0 aliphatic heterocycles. The number of hydrogen-bond acceptors (Lipinski definition) is 2. The molecule has 0 aromatic carbocycles. The second-order valence-electron chi connectivity index (χ2n) is 7.48. The molecule has 0 heterocycles. The molecule has 0 aromatic rings. The molecule has 0 saturated heterocycles. The Bertz CT molecular complexity index is 329. The van der Waals surface area contributed by atoms with Crippen LogP contribution in [0.1, 0.15) is 97.8 Å². The summed E-state index contributed by atoms with van der Waals surface area (Å²) in [5.41, 5.74) is 0. The first-order valence-corrected chi connectivity index (χ1v) is 9.94. The van der Waals surface area contributed by atoms with E-state index in [1.165, 1.54) is 44.9 Å². The smallest absolute Gasteiger partial charge is 0.303 e. The minimum absolute atomic E-state index is 0.0366. The van der Waals surface area contributed by atoms with E-state index in [1.54, 1.807) is 0 Å². The highest BCUT2D eigenvalue weighted by atomic mass is 16.4. The highest BCUT2D eigenvalue weighted by molar-refractivity contribution is 5.75. The van der Waals surface area contributed by atoms with Gasteiger partial charge in [-0.25, -0.2) is 0 Å². The number of amides is 1. The lowest BCUT2D eigenvalue weighted by Gasteiger charge is -2.17. The maximum absolute atomic E-state index is 11.9. The van der Waals surface area contributed by atoms with Crippen molar-refractivity contribution >= 4 is 11.9 Å². The highest BCUT2D eigenvalue weighted by Crippen LogP contribution is 2.15. The summed E-state index contributed by atoms with van der Waals surface area (Å²) < 4.78 is 0. The number of rotatable bonds is 16. The summed E-state index contributed by atoms with van der Waals surface area (Å²) in [5.74, 6) is -0.232. The van der Waals surface area contributed by atoms with Gasteiger partial charge in [-0.3, -0.25) is 9.59 Å². The first-order valence-electron chi connectivity index (χ1n) is 9.94. The van der Waals surface area contributed by atoms with Crippen LogP contribution >= 0.6 is 0 Å². The largest absolute Gasteiger partial charge is 0.481 e. The van der Waals surface area contributed by atoms with E-state index in [-0.39, 0.29) is 18.2 Å². The van der Waals surface area contributed by atoms with Crippen molar-refractivity contribution in [2.75, 3.05) is 6.54 Å². The summed E-state index contributed by atoms with van der Waals surface area (Å²) in [5, 5.41) is 11.9. The van der Waals surface area contributed by atoms with Crippen molar-refractivity contribution in [1.82, 2.24) is 5.32 Å². The fourth-order valence-corrected chi connectivity index (χ4v) is 3.10. The predicted molar refractivity (Wildman–Crippen MR) is 100 cm³/mol. The average Bonchev–Trinajstić information content (AvgIpc) is 2.50. The quantitative estimate of drug-likeness (QED) is 0.381. The van der Waals surface area contributed by atoms with Gasteiger partial charge in [0.2, 0.25) is 5.91 Å². The highest BCUT2D eigenvalue weighted by Gasteiger charge is 2.15. The minimum atomic E-state index is -0.783. The Balaban J connectivity index is 3.64. The molecule has 0 rings (SSSR count). The predicted octanol–water partition coefficient (Wildman–Crippen LogP) is 5.16. The molecule has 4 nitrogen and oxygen atoms in total. The first kappa shape index (κ1) is 22.9. The molecule has 0 fully saturated rings. The minimum Gasteiger partial charge on any atom is -0.481 e. The van der Waals surface area contributed by atoms with Gasteiger partial charge in [0, 0.05) is 19.4 Å². The lowest BCUT2D eigenvalue weighted by Crippen LogP contribution is -2.30. The Labute approximate surface area is 148 Å². The Hall–Kier alpha value is -1.06. The standard InChI is InChI=1S/C20H39NO3/c1-4-5-6-7-8-9-10-11-12-13-19(22)21-16-18(14-17(2)3)15-20(23)24/h17-18H,4-16H2,1-3H3,(H,21,22)(H,23,24). The second kappa shape index (κ2) is 15.5. The van der Waals surface area contributed by atoms with Crippen LogP contribution in [-0.2, 0) is 9.59 Å². The molecular weight excluding hydrogens is 302 g/mol. The van der Waals surface area contributed by atoms with E-state index < -0.39 is 5.97 Å². The Morgan fingerprint density at radius 2 is 1.46 bits per heavy atom. The zero-order valence-electron chi connectivity index (χ0n) is 16.1. The molecule has 2 N–H and O–H groups in total. The van der Waals surface area contributed by atoms with Crippen molar-refractivity contribution in [3.63, 3.8) is 0 Å². The maximum Gasteiger partial charge on any atom is 0.303 e. The van der Waals surface area contributed by atoms with Crippen molar-refractivity contribution in [2.24, 2.45) is 11.8 Å². The van der Waals surface area contributed by atoms with Crippen LogP contribution in [0, 0.1) is 11.8 Å². The fraction of sp³-hybridized carbons (Fsp3) is 0.900. The van der Waals surface area contributed by atoms with Crippen molar-refractivity contribution < 1.29 is 14.7 Å². The third-order valence-corrected chi connectivity index (χ3v) is 4.36. The summed E-state index contributed by atoms with van der Waals surface area (Å²) in [4.78, 5) is 22.7. The summed E-state index contributed by atoms with van der Waals surface area (Å²) in [6, 6.07) is 0. The molecule has 0 aliphatic carbocycles. The van der Waals surface area contributed by atoms with E-state index in [4.69, 9.17) is 5.11 Å². The number of nitrogens with one attached hydrogen (secondary N) is 1. The molecule has 1 amide bonds. The van der Waals surface area contributed by atoms with E-state index in [9.17, 15) is 9.59 Å². The van der Waals surface area contributed by atoms with Gasteiger partial charge < -0.3 is 10.4 Å². The Morgan fingerprint density at radius 1 is 0.917 bits per heavy atom. The Morgan fingerprint density at radius 3 is 1.96 bits per heavy atom. The third-order valence-electron chi connectivity index (χ3n) is 4.36. The molecule has 1 atom stereocenters. The molecule has 0 spiro atoms. The van der Waals surface area contributed by atoms with Crippen LogP contribution in [0.25, 0.3) is 0 Å². The number of unbranched alkanes of at least 4 members (excludes halogenated alkanes) is 8. The fourth-order valence-electron chi connectivity index (χ4n) is 3.10. The van der Waals surface area contributed by atoms with Gasteiger partial charge in [0.05, 0.1) is 0 Å². The van der Waals surface area contributed by atoms with E-state index in [0.717, 1.165) is 19.3 Å². The SMILES string of the molecule is CCCCCCCCCCCC(=O)NCC(CC(=O)O)CC(C)C. The lowest BCUT2D eigenvalue weighted by atomic mass is 9.94. The number of aliphatic carboxylic acids is 1. The van der Waals surface area contributed by atoms with Crippen LogP contribution in [0.15, 0.2) is 0 Å². The van der Waals surface area contributed by atoms with Crippen molar-refractivity contribution in [2.45, 2.75) is 97.8 Å². The number of carboxylic acids is 1. The van der Waals surface area contributed by atoms with Crippen LogP contribution in [0.5, 0.6) is 0 Å². The van der Waals surface area contributed by atoms with Crippen molar-refractivity contribution in [3.05, 3.63) is 0 Å². The molecular formula is C20H39NO3. The van der Waals surface area contributed by atoms with Crippen LogP contribution < -0.4 is 5.32 Å². The number of hydrogen-bond donors (Lipinski definition) is 2. The second-order valence-corrected chi connectivity index (χ2v) is 7.48. The summed E-state index contributed by atoms with van der Waals surface area (Å²) >= 11 is 0. The van der Waals surface area contributed by atoms with E-state index in [1.807, 2.05) is 0 Å². The molecule has 1 unspecified atom stereocenters. The molecule has 0 bridgehead atoms. The van der Waals surface area contributed by atoms with Gasteiger partial charge >= 0.3 is 5.97 Å². The summed E-state index contributed by atoms with van der Waals surface area (Å²) in [6.07, 6.45) is 12.7. The van der Waals surface area contributed by atoms with Gasteiger partial charge in [0.25, 0.3) is 0 Å². The van der Waals surface area contributed by atoms with Gasteiger partial charge in [-0.2, -0.15) is 0 Å². The van der Waals surface area contributed by atoms with Crippen LogP contribution in [0.4, 0.5) is 0 Å². The Kier molecular flexibility index (Phi) is 14.8. The molecule has 0 aliphatic rings. The zero-order valence-corrected chi connectivity index (χ0v) is 16.1. The summed E-state index contributed by atoms with van der Waals surface area (Å²) in [7, 11) is 0. The normalized spacial score (nSPS) is 12.3. The van der Waals surface area contributed by atoms with Crippen molar-refractivity contribution in [3.8, 4) is 0 Å². The maximum atomic E-state index is 11.9. The number of carbonyl (C=O) groups is 2. The summed E-state index contributed by atoms with van der Waals surface area (Å²) in [6.45, 7) is 6.89. The molecule has 142 valence electrons. The van der Waals surface area contributed by atoms with Gasteiger partial charge in [0.1, 0.15) is 0 Å². The molecule has 0 radical (unpaired) electrons. The third kappa shape index (κ3) is 15.8. The van der Waals surface area contributed by atoms with Crippen LogP contribution in [0.3, 0.4) is 0 Å². The van der Waals surface area contributed by atoms with Crippen LogP contribution in [0.2, 0.25) is 0 Å². The number of carbonyl (C=O) groups excluding carboxylic acids is 1. The van der Waals surface area contributed by atoms with Gasteiger partial charge in [-0.05, 0) is 24.7 Å². The van der Waals surface area contributed by atoms with Gasteiger partial charge in [-0.15, -0.1) is 0 Å². The van der Waals surface area contributed by atoms with Crippen LogP contribution in [-0.4, -0.2) is 23.5 Å². The molecule has 0 saturated carbocycles. The van der Waals surface area contributed by atoms with Gasteiger partial charge in [-0.1, -0.05) is 72.1 Å². The van der Waals surface area contributed by atoms with E-state index >= 15 is 0 Å². The average molecular weight is 342 g/mol. The number of carboxylic acid groups (broad SMARTS) is 1. The van der Waals surface area contributed by atoms with Crippen molar-refractivity contribution in [1.29, 1.82) is 0 Å². The topological polar surface area (TPSA) is 66.4 Å². The van der Waals surface area contributed by atoms with E-state index in [2.05, 4.69) is 26.1 Å². The van der Waals surface area contributed by atoms with E-state index in [0.29, 0.717) is 18.9 Å². The molecule has 0 aromatic heterocycles.